The average Bonchev–Trinajstić information content (AvgIpc) is 3.15. The summed E-state index contributed by atoms with van der Waals surface area (Å²) >= 11 is 0. The minimum absolute atomic E-state index is 0.0306. The molecule has 0 fully saturated rings. The smallest absolute Gasteiger partial charge is 0.242 e. The lowest BCUT2D eigenvalue weighted by molar-refractivity contribution is -0.132. The number of amides is 1. The van der Waals surface area contributed by atoms with Crippen LogP contribution in [0.5, 0.6) is 0 Å². The molecule has 21 heavy (non-hydrogen) atoms. The lowest BCUT2D eigenvalue weighted by atomic mass is 9.99. The predicted molar refractivity (Wildman–Crippen MR) is 80.9 cm³/mol. The molecule has 0 aliphatic carbocycles. The largest absolute Gasteiger partial charge is 0.463 e. The molecule has 4 heteroatoms. The Hall–Kier alpha value is -2.36. The molecule has 0 bridgehead atoms. The molecule has 1 aliphatic heterocycles. The summed E-state index contributed by atoms with van der Waals surface area (Å²) in [6.45, 7) is 3.91. The first kappa shape index (κ1) is 13.6. The number of hydrazone groups is 1. The number of aryl methyl sites for hydroxylation is 1. The van der Waals surface area contributed by atoms with E-state index < -0.39 is 0 Å². The maximum atomic E-state index is 12.2. The third kappa shape index (κ3) is 2.61. The Morgan fingerprint density at radius 2 is 2.24 bits per heavy atom. The molecule has 0 spiro atoms. The highest BCUT2D eigenvalue weighted by Crippen LogP contribution is 2.33. The number of rotatable bonds is 3. The SMILES string of the molecule is CCC(=O)N1N=C(c2ccco2)CC1c1cccc(C)c1. The van der Waals surface area contributed by atoms with E-state index in [4.69, 9.17) is 4.42 Å². The van der Waals surface area contributed by atoms with Crippen molar-refractivity contribution in [2.24, 2.45) is 5.10 Å². The summed E-state index contributed by atoms with van der Waals surface area (Å²) in [5, 5.41) is 6.10. The second kappa shape index (κ2) is 5.56. The van der Waals surface area contributed by atoms with Crippen molar-refractivity contribution >= 4 is 11.6 Å². The molecular formula is C17H18N2O2. The van der Waals surface area contributed by atoms with E-state index in [1.807, 2.05) is 31.2 Å². The van der Waals surface area contributed by atoms with Gasteiger partial charge in [-0.25, -0.2) is 5.01 Å². The van der Waals surface area contributed by atoms with Crippen molar-refractivity contribution in [1.29, 1.82) is 0 Å². The van der Waals surface area contributed by atoms with Gasteiger partial charge in [-0.2, -0.15) is 5.10 Å². The summed E-state index contributed by atoms with van der Waals surface area (Å²) in [4.78, 5) is 12.2. The molecule has 1 aromatic carbocycles. The number of furan rings is 1. The first-order valence-corrected chi connectivity index (χ1v) is 7.19. The van der Waals surface area contributed by atoms with E-state index in [0.717, 1.165) is 17.0 Å². The molecule has 108 valence electrons. The zero-order valence-corrected chi connectivity index (χ0v) is 12.2. The molecule has 1 atom stereocenters. The fourth-order valence-corrected chi connectivity index (χ4v) is 2.63. The van der Waals surface area contributed by atoms with Crippen molar-refractivity contribution in [2.75, 3.05) is 0 Å². The van der Waals surface area contributed by atoms with Gasteiger partial charge in [-0.15, -0.1) is 0 Å². The first-order valence-electron chi connectivity index (χ1n) is 7.19. The maximum Gasteiger partial charge on any atom is 0.242 e. The normalized spacial score (nSPS) is 17.9. The van der Waals surface area contributed by atoms with Crippen LogP contribution in [0.3, 0.4) is 0 Å². The van der Waals surface area contributed by atoms with Crippen molar-refractivity contribution in [3.05, 3.63) is 59.5 Å². The van der Waals surface area contributed by atoms with Gasteiger partial charge in [0.05, 0.1) is 12.3 Å². The van der Waals surface area contributed by atoms with Crippen molar-refractivity contribution in [3.63, 3.8) is 0 Å². The van der Waals surface area contributed by atoms with Gasteiger partial charge in [0.2, 0.25) is 5.91 Å². The van der Waals surface area contributed by atoms with Crippen LogP contribution in [-0.2, 0) is 4.79 Å². The van der Waals surface area contributed by atoms with Crippen LogP contribution < -0.4 is 0 Å². The summed E-state index contributed by atoms with van der Waals surface area (Å²) in [6, 6.07) is 11.9. The van der Waals surface area contributed by atoms with Gasteiger partial charge in [-0.1, -0.05) is 36.8 Å². The molecule has 3 rings (SSSR count). The fraction of sp³-hybridized carbons (Fsp3) is 0.294. The van der Waals surface area contributed by atoms with Gasteiger partial charge in [-0.05, 0) is 24.6 Å². The number of hydrogen-bond acceptors (Lipinski definition) is 3. The molecule has 2 heterocycles. The van der Waals surface area contributed by atoms with Crippen molar-refractivity contribution in [2.45, 2.75) is 32.7 Å². The topological polar surface area (TPSA) is 45.8 Å². The molecule has 4 nitrogen and oxygen atoms in total. The summed E-state index contributed by atoms with van der Waals surface area (Å²) < 4.78 is 5.42. The van der Waals surface area contributed by atoms with Gasteiger partial charge in [0, 0.05) is 12.8 Å². The molecule has 1 aromatic heterocycles. The van der Waals surface area contributed by atoms with Crippen molar-refractivity contribution in [1.82, 2.24) is 5.01 Å². The van der Waals surface area contributed by atoms with Gasteiger partial charge in [0.1, 0.15) is 11.5 Å². The zero-order chi connectivity index (χ0) is 14.8. The van der Waals surface area contributed by atoms with E-state index in [-0.39, 0.29) is 11.9 Å². The van der Waals surface area contributed by atoms with Crippen LogP contribution in [-0.4, -0.2) is 16.6 Å². The Kier molecular flexibility index (Phi) is 3.60. The molecule has 0 saturated carbocycles. The summed E-state index contributed by atoms with van der Waals surface area (Å²) in [5.41, 5.74) is 3.12. The lowest BCUT2D eigenvalue weighted by Crippen LogP contribution is -2.26. The highest BCUT2D eigenvalue weighted by Gasteiger charge is 2.33. The Balaban J connectivity index is 1.95. The van der Waals surface area contributed by atoms with Gasteiger partial charge >= 0.3 is 0 Å². The molecule has 0 N–H and O–H groups in total. The molecule has 0 radical (unpaired) electrons. The van der Waals surface area contributed by atoms with Gasteiger partial charge in [0.15, 0.2) is 0 Å². The molecule has 0 saturated heterocycles. The van der Waals surface area contributed by atoms with Gasteiger partial charge < -0.3 is 4.42 Å². The highest BCUT2D eigenvalue weighted by molar-refractivity contribution is 6.01. The standard InChI is InChI=1S/C17H18N2O2/c1-3-17(20)19-15(13-7-4-6-12(2)10-13)11-14(18-19)16-8-5-9-21-16/h4-10,15H,3,11H2,1-2H3. The quantitative estimate of drug-likeness (QED) is 0.862. The molecule has 1 aliphatic rings. The van der Waals surface area contributed by atoms with E-state index in [1.165, 1.54) is 5.56 Å². The van der Waals surface area contributed by atoms with Gasteiger partial charge in [-0.3, -0.25) is 4.79 Å². The average molecular weight is 282 g/mol. The maximum absolute atomic E-state index is 12.2. The number of hydrogen-bond donors (Lipinski definition) is 0. The van der Waals surface area contributed by atoms with Crippen LogP contribution in [0.4, 0.5) is 0 Å². The van der Waals surface area contributed by atoms with Crippen LogP contribution in [0.2, 0.25) is 0 Å². The predicted octanol–water partition coefficient (Wildman–Crippen LogP) is 3.68. The van der Waals surface area contributed by atoms with Crippen LogP contribution in [0.15, 0.2) is 52.2 Å². The highest BCUT2D eigenvalue weighted by atomic mass is 16.3. The Morgan fingerprint density at radius 3 is 2.90 bits per heavy atom. The van der Waals surface area contributed by atoms with E-state index in [9.17, 15) is 4.79 Å². The third-order valence-electron chi connectivity index (χ3n) is 3.70. The Labute approximate surface area is 124 Å². The van der Waals surface area contributed by atoms with E-state index in [1.54, 1.807) is 11.3 Å². The molecule has 1 amide bonds. The van der Waals surface area contributed by atoms with E-state index in [0.29, 0.717) is 12.8 Å². The fourth-order valence-electron chi connectivity index (χ4n) is 2.63. The molecule has 2 aromatic rings. The van der Waals surface area contributed by atoms with Crippen LogP contribution in [0.1, 0.15) is 42.7 Å². The minimum Gasteiger partial charge on any atom is -0.463 e. The van der Waals surface area contributed by atoms with E-state index in [2.05, 4.69) is 24.2 Å². The third-order valence-corrected chi connectivity index (χ3v) is 3.70. The number of benzene rings is 1. The summed E-state index contributed by atoms with van der Waals surface area (Å²) in [5.74, 6) is 0.766. The minimum atomic E-state index is -0.0440. The summed E-state index contributed by atoms with van der Waals surface area (Å²) in [7, 11) is 0. The Morgan fingerprint density at radius 1 is 1.38 bits per heavy atom. The van der Waals surface area contributed by atoms with Crippen LogP contribution in [0.25, 0.3) is 0 Å². The second-order valence-electron chi connectivity index (χ2n) is 5.25. The Bertz CT molecular complexity index is 674. The summed E-state index contributed by atoms with van der Waals surface area (Å²) in [6.07, 6.45) is 2.75. The van der Waals surface area contributed by atoms with Crippen LogP contribution in [0, 0.1) is 6.92 Å². The number of carbonyl (C=O) groups excluding carboxylic acids is 1. The number of nitrogens with zero attached hydrogens (tertiary/aromatic N) is 2. The number of carbonyl (C=O) groups is 1. The zero-order valence-electron chi connectivity index (χ0n) is 12.2. The van der Waals surface area contributed by atoms with Crippen LogP contribution >= 0.6 is 0 Å². The monoisotopic (exact) mass is 282 g/mol. The van der Waals surface area contributed by atoms with Crippen molar-refractivity contribution in [3.8, 4) is 0 Å². The van der Waals surface area contributed by atoms with Gasteiger partial charge in [0.25, 0.3) is 0 Å². The van der Waals surface area contributed by atoms with Crippen molar-refractivity contribution < 1.29 is 9.21 Å². The van der Waals surface area contributed by atoms with E-state index >= 15 is 0 Å². The molecule has 1 unspecified atom stereocenters. The lowest BCUT2D eigenvalue weighted by Gasteiger charge is -2.21. The first-order chi connectivity index (χ1) is 10.2. The molecular weight excluding hydrogens is 264 g/mol. The second-order valence-corrected chi connectivity index (χ2v) is 5.25.